The number of carbonyl (C=O) groups is 1. The monoisotopic (exact) mass is 236 g/mol. The number of benzene rings is 1. The highest BCUT2D eigenvalue weighted by molar-refractivity contribution is 5.64. The molecule has 0 aliphatic carbocycles. The molecule has 0 amide bonds. The van der Waals surface area contributed by atoms with Gasteiger partial charge in [-0.1, -0.05) is 11.6 Å². The summed E-state index contributed by atoms with van der Waals surface area (Å²) in [5, 5.41) is 29.0. The summed E-state index contributed by atoms with van der Waals surface area (Å²) in [6.45, 7) is 3.81. The Morgan fingerprint density at radius 1 is 1.12 bits per heavy atom. The quantitative estimate of drug-likeness (QED) is 0.552. The standard InChI is InChI=1S/C13H16O4/c1-8(2)3-4-9-11(15)7-12(16)10(5-6-14)13(9)17/h3,6-7,15-17H,4-5H2,1-2H3. The van der Waals surface area contributed by atoms with Crippen LogP contribution < -0.4 is 0 Å². The maximum atomic E-state index is 10.4. The zero-order chi connectivity index (χ0) is 13.0. The Morgan fingerprint density at radius 3 is 2.12 bits per heavy atom. The highest BCUT2D eigenvalue weighted by atomic mass is 16.3. The van der Waals surface area contributed by atoms with Gasteiger partial charge in [0, 0.05) is 23.6 Å². The van der Waals surface area contributed by atoms with E-state index in [9.17, 15) is 20.1 Å². The van der Waals surface area contributed by atoms with Crippen molar-refractivity contribution in [2.24, 2.45) is 0 Å². The lowest BCUT2D eigenvalue weighted by atomic mass is 10.0. The van der Waals surface area contributed by atoms with Crippen molar-refractivity contribution >= 4 is 6.29 Å². The minimum atomic E-state index is -0.270. The summed E-state index contributed by atoms with van der Waals surface area (Å²) in [6, 6.07) is 1.15. The van der Waals surface area contributed by atoms with Crippen molar-refractivity contribution < 1.29 is 20.1 Å². The first-order chi connectivity index (χ1) is 7.97. The van der Waals surface area contributed by atoms with Crippen LogP contribution in [0.1, 0.15) is 25.0 Å². The van der Waals surface area contributed by atoms with Gasteiger partial charge < -0.3 is 20.1 Å². The molecule has 0 bridgehead atoms. The van der Waals surface area contributed by atoms with Crippen LogP contribution >= 0.6 is 0 Å². The molecule has 0 unspecified atom stereocenters. The van der Waals surface area contributed by atoms with Crippen LogP contribution in [0.2, 0.25) is 0 Å². The number of phenolic OH excluding ortho intramolecular Hbond substituents is 3. The molecule has 4 nitrogen and oxygen atoms in total. The van der Waals surface area contributed by atoms with Gasteiger partial charge in [-0.25, -0.2) is 0 Å². The van der Waals surface area contributed by atoms with Crippen LogP contribution in [-0.2, 0) is 17.6 Å². The molecule has 1 aromatic carbocycles. The zero-order valence-electron chi connectivity index (χ0n) is 9.90. The first-order valence-corrected chi connectivity index (χ1v) is 5.30. The summed E-state index contributed by atoms with van der Waals surface area (Å²) in [6.07, 6.45) is 2.71. The number of phenols is 3. The number of aldehydes is 1. The van der Waals surface area contributed by atoms with E-state index in [2.05, 4.69) is 0 Å². The molecule has 0 aromatic heterocycles. The van der Waals surface area contributed by atoms with Gasteiger partial charge in [-0.2, -0.15) is 0 Å². The van der Waals surface area contributed by atoms with Gasteiger partial charge in [-0.15, -0.1) is 0 Å². The Kier molecular flexibility index (Phi) is 4.15. The van der Waals surface area contributed by atoms with E-state index in [-0.39, 0.29) is 29.2 Å². The highest BCUT2D eigenvalue weighted by Gasteiger charge is 2.15. The Labute approximate surface area is 99.8 Å². The lowest BCUT2D eigenvalue weighted by molar-refractivity contribution is -0.107. The first kappa shape index (κ1) is 13.1. The van der Waals surface area contributed by atoms with Crippen molar-refractivity contribution in [2.75, 3.05) is 0 Å². The van der Waals surface area contributed by atoms with Gasteiger partial charge >= 0.3 is 0 Å². The fourth-order valence-corrected chi connectivity index (χ4v) is 1.52. The van der Waals surface area contributed by atoms with E-state index >= 15 is 0 Å². The van der Waals surface area contributed by atoms with Crippen LogP contribution in [0, 0.1) is 0 Å². The van der Waals surface area contributed by atoms with E-state index in [1.54, 1.807) is 0 Å². The van der Waals surface area contributed by atoms with Crippen LogP contribution in [0.15, 0.2) is 17.7 Å². The minimum absolute atomic E-state index is 0.0836. The van der Waals surface area contributed by atoms with Crippen molar-refractivity contribution in [1.29, 1.82) is 0 Å². The second kappa shape index (κ2) is 5.39. The number of carbonyl (C=O) groups excluding carboxylic acids is 1. The van der Waals surface area contributed by atoms with E-state index in [0.717, 1.165) is 11.6 Å². The normalized spacial score (nSPS) is 10.0. The van der Waals surface area contributed by atoms with Crippen LogP contribution in [0.5, 0.6) is 17.2 Å². The van der Waals surface area contributed by atoms with Crippen molar-refractivity contribution in [3.8, 4) is 17.2 Å². The van der Waals surface area contributed by atoms with Gasteiger partial charge in [0.25, 0.3) is 0 Å². The molecule has 0 aliphatic rings. The maximum Gasteiger partial charge on any atom is 0.130 e. The molecule has 0 saturated carbocycles. The molecule has 1 aromatic rings. The van der Waals surface area contributed by atoms with Gasteiger partial charge in [0.15, 0.2) is 0 Å². The van der Waals surface area contributed by atoms with Crippen molar-refractivity contribution in [3.63, 3.8) is 0 Å². The molecule has 0 saturated heterocycles. The lowest BCUT2D eigenvalue weighted by Gasteiger charge is -2.11. The summed E-state index contributed by atoms with van der Waals surface area (Å²) >= 11 is 0. The zero-order valence-corrected chi connectivity index (χ0v) is 9.90. The van der Waals surface area contributed by atoms with Gasteiger partial charge in [0.05, 0.1) is 0 Å². The van der Waals surface area contributed by atoms with Crippen LogP contribution in [0.3, 0.4) is 0 Å². The third-order valence-electron chi connectivity index (χ3n) is 2.47. The fraction of sp³-hybridized carbons (Fsp3) is 0.308. The molecule has 0 radical (unpaired) electrons. The topological polar surface area (TPSA) is 77.8 Å². The third-order valence-corrected chi connectivity index (χ3v) is 2.47. The summed E-state index contributed by atoms with van der Waals surface area (Å²) in [5.74, 6) is -0.660. The van der Waals surface area contributed by atoms with Gasteiger partial charge in [-0.3, -0.25) is 0 Å². The summed E-state index contributed by atoms with van der Waals surface area (Å²) < 4.78 is 0. The van der Waals surface area contributed by atoms with Crippen LogP contribution in [-0.4, -0.2) is 21.6 Å². The SMILES string of the molecule is CC(C)=CCc1c(O)cc(O)c(CC=O)c1O. The predicted molar refractivity (Wildman–Crippen MR) is 64.3 cm³/mol. The predicted octanol–water partition coefficient (Wildman–Crippen LogP) is 2.05. The second-order valence-corrected chi connectivity index (χ2v) is 4.08. The summed E-state index contributed by atoms with van der Waals surface area (Å²) in [4.78, 5) is 10.4. The maximum absolute atomic E-state index is 10.4. The molecular weight excluding hydrogens is 220 g/mol. The van der Waals surface area contributed by atoms with E-state index in [1.807, 2.05) is 19.9 Å². The van der Waals surface area contributed by atoms with Gasteiger partial charge in [0.2, 0.25) is 0 Å². The van der Waals surface area contributed by atoms with Crippen LogP contribution in [0.25, 0.3) is 0 Å². The largest absolute Gasteiger partial charge is 0.507 e. The Morgan fingerprint density at radius 2 is 1.65 bits per heavy atom. The van der Waals surface area contributed by atoms with Crippen molar-refractivity contribution in [2.45, 2.75) is 26.7 Å². The van der Waals surface area contributed by atoms with Crippen molar-refractivity contribution in [3.05, 3.63) is 28.8 Å². The molecule has 92 valence electrons. The Balaban J connectivity index is 3.24. The van der Waals surface area contributed by atoms with Gasteiger partial charge in [0.1, 0.15) is 23.5 Å². The smallest absolute Gasteiger partial charge is 0.130 e. The van der Waals surface area contributed by atoms with E-state index < -0.39 is 0 Å². The van der Waals surface area contributed by atoms with Crippen molar-refractivity contribution in [1.82, 2.24) is 0 Å². The highest BCUT2D eigenvalue weighted by Crippen LogP contribution is 2.37. The summed E-state index contributed by atoms with van der Waals surface area (Å²) in [5.41, 5.74) is 1.52. The Bertz CT molecular complexity index is 457. The van der Waals surface area contributed by atoms with Crippen LogP contribution in [0.4, 0.5) is 0 Å². The molecule has 0 spiro atoms. The van der Waals surface area contributed by atoms with E-state index in [1.165, 1.54) is 0 Å². The number of allylic oxidation sites excluding steroid dienone is 2. The van der Waals surface area contributed by atoms with E-state index in [0.29, 0.717) is 18.3 Å². The molecule has 0 atom stereocenters. The second-order valence-electron chi connectivity index (χ2n) is 4.08. The molecule has 1 rings (SSSR count). The number of aromatic hydroxyl groups is 3. The molecule has 0 fully saturated rings. The number of hydrogen-bond acceptors (Lipinski definition) is 4. The average molecular weight is 236 g/mol. The molecule has 4 heteroatoms. The fourth-order valence-electron chi connectivity index (χ4n) is 1.52. The first-order valence-electron chi connectivity index (χ1n) is 5.30. The number of hydrogen-bond donors (Lipinski definition) is 3. The Hall–Kier alpha value is -1.97. The van der Waals surface area contributed by atoms with E-state index in [4.69, 9.17) is 0 Å². The molecule has 3 N–H and O–H groups in total. The third kappa shape index (κ3) is 3.00. The average Bonchev–Trinajstić information content (AvgIpc) is 2.23. The molecule has 0 heterocycles. The van der Waals surface area contributed by atoms with Gasteiger partial charge in [-0.05, 0) is 20.3 Å². The number of rotatable bonds is 4. The lowest BCUT2D eigenvalue weighted by Crippen LogP contribution is -1.94. The molecule has 0 aliphatic heterocycles. The molecule has 17 heavy (non-hydrogen) atoms. The molecular formula is C13H16O4. The minimum Gasteiger partial charge on any atom is -0.507 e. The summed E-state index contributed by atoms with van der Waals surface area (Å²) in [7, 11) is 0.